The van der Waals surface area contributed by atoms with E-state index in [0.717, 1.165) is 24.4 Å². The van der Waals surface area contributed by atoms with Crippen molar-refractivity contribution in [3.63, 3.8) is 0 Å². The summed E-state index contributed by atoms with van der Waals surface area (Å²) in [6, 6.07) is 5.68. The van der Waals surface area contributed by atoms with Gasteiger partial charge in [-0.1, -0.05) is 38.1 Å². The maximum atomic E-state index is 12.6. The summed E-state index contributed by atoms with van der Waals surface area (Å²) in [6.07, 6.45) is -2.40. The van der Waals surface area contributed by atoms with Crippen LogP contribution in [0, 0.1) is 0 Å². The topological polar surface area (TPSA) is 47.0 Å². The fourth-order valence-electron chi connectivity index (χ4n) is 2.66. The maximum absolute atomic E-state index is 12.6. The van der Waals surface area contributed by atoms with Crippen molar-refractivity contribution in [1.82, 2.24) is 9.88 Å². The zero-order valence-electron chi connectivity index (χ0n) is 17.0. The van der Waals surface area contributed by atoms with Gasteiger partial charge in [-0.25, -0.2) is 4.98 Å². The van der Waals surface area contributed by atoms with E-state index in [2.05, 4.69) is 33.6 Å². The number of likely N-dealkylation sites (N-methyl/N-ethyl adjacent to an activating group) is 1. The molecule has 1 atom stereocenters. The van der Waals surface area contributed by atoms with E-state index in [9.17, 15) is 13.2 Å². The van der Waals surface area contributed by atoms with Crippen molar-refractivity contribution >= 4 is 17.0 Å². The molecule has 0 saturated carbocycles. The summed E-state index contributed by atoms with van der Waals surface area (Å²) in [6.45, 7) is 10.5. The van der Waals surface area contributed by atoms with Crippen LogP contribution >= 0.6 is 11.3 Å². The highest BCUT2D eigenvalue weighted by Gasteiger charge is 2.31. The van der Waals surface area contributed by atoms with Crippen LogP contribution in [0.1, 0.15) is 43.1 Å². The van der Waals surface area contributed by atoms with Gasteiger partial charge in [0.15, 0.2) is 0 Å². The quantitative estimate of drug-likeness (QED) is 0.389. The van der Waals surface area contributed by atoms with Gasteiger partial charge in [0.1, 0.15) is 22.6 Å². The average Bonchev–Trinajstić information content (AvgIpc) is 3.14. The molecule has 0 amide bonds. The SMILES string of the molecule is CCc1cnc(/C(=N\OC(C)CN(CC)CC)c2cccc(OC(F)(F)F)c2)s1. The first-order valence-corrected chi connectivity index (χ1v) is 10.3. The molecule has 0 spiro atoms. The molecule has 0 N–H and O–H groups in total. The summed E-state index contributed by atoms with van der Waals surface area (Å²) in [5, 5.41) is 4.86. The van der Waals surface area contributed by atoms with E-state index >= 15 is 0 Å². The molecule has 5 nitrogen and oxygen atoms in total. The largest absolute Gasteiger partial charge is 0.573 e. The van der Waals surface area contributed by atoms with Gasteiger partial charge in [0.2, 0.25) is 0 Å². The maximum Gasteiger partial charge on any atom is 0.573 e. The number of ether oxygens (including phenoxy) is 1. The molecule has 1 aromatic heterocycles. The fraction of sp³-hybridized carbons (Fsp3) is 0.500. The van der Waals surface area contributed by atoms with E-state index in [0.29, 0.717) is 22.8 Å². The molecule has 1 heterocycles. The Bertz CT molecular complexity index is 804. The van der Waals surface area contributed by atoms with E-state index < -0.39 is 6.36 Å². The summed E-state index contributed by atoms with van der Waals surface area (Å²) in [5.74, 6) is -0.314. The molecule has 0 aliphatic heterocycles. The van der Waals surface area contributed by atoms with Crippen LogP contribution in [0.5, 0.6) is 5.75 Å². The van der Waals surface area contributed by atoms with Gasteiger partial charge in [0.25, 0.3) is 0 Å². The number of benzene rings is 1. The van der Waals surface area contributed by atoms with Crippen molar-refractivity contribution in [2.75, 3.05) is 19.6 Å². The van der Waals surface area contributed by atoms with Crippen molar-refractivity contribution < 1.29 is 22.7 Å². The molecular formula is C20H26F3N3O2S. The Morgan fingerprint density at radius 2 is 1.97 bits per heavy atom. The van der Waals surface area contributed by atoms with Gasteiger partial charge in [-0.15, -0.1) is 24.5 Å². The minimum Gasteiger partial charge on any atom is -0.406 e. The standard InChI is InChI=1S/C20H26F3N3O2S/c1-5-17-12-24-19(29-17)18(25-28-14(4)13-26(6-2)7-3)15-9-8-10-16(11-15)27-20(21,22)23/h8-12,14H,5-7,13H2,1-4H3/b25-18-. The third kappa shape index (κ3) is 7.32. The molecule has 0 fully saturated rings. The Hall–Kier alpha value is -2.13. The first-order valence-electron chi connectivity index (χ1n) is 9.53. The first kappa shape index (κ1) is 23.2. The molecule has 160 valence electrons. The summed E-state index contributed by atoms with van der Waals surface area (Å²) in [5.41, 5.74) is 0.826. The van der Waals surface area contributed by atoms with E-state index in [1.165, 1.54) is 29.5 Å². The number of halogens is 3. The smallest absolute Gasteiger partial charge is 0.406 e. The molecule has 0 saturated heterocycles. The van der Waals surface area contributed by atoms with Crippen LogP contribution in [-0.2, 0) is 11.3 Å². The molecule has 2 rings (SSSR count). The first-order chi connectivity index (χ1) is 13.8. The van der Waals surface area contributed by atoms with Gasteiger partial charge in [0.05, 0.1) is 0 Å². The summed E-state index contributed by atoms with van der Waals surface area (Å²) >= 11 is 1.43. The average molecular weight is 430 g/mol. The molecule has 29 heavy (non-hydrogen) atoms. The third-order valence-electron chi connectivity index (χ3n) is 4.18. The highest BCUT2D eigenvalue weighted by atomic mass is 32.1. The van der Waals surface area contributed by atoms with Crippen LogP contribution in [0.15, 0.2) is 35.6 Å². The zero-order chi connectivity index (χ0) is 21.4. The van der Waals surface area contributed by atoms with Gasteiger partial charge >= 0.3 is 6.36 Å². The third-order valence-corrected chi connectivity index (χ3v) is 5.33. The Morgan fingerprint density at radius 3 is 2.55 bits per heavy atom. The van der Waals surface area contributed by atoms with Crippen LogP contribution in [0.3, 0.4) is 0 Å². The number of nitrogens with zero attached hydrogens (tertiary/aromatic N) is 3. The summed E-state index contributed by atoms with van der Waals surface area (Å²) in [7, 11) is 0. The van der Waals surface area contributed by atoms with Crippen molar-refractivity contribution in [3.05, 3.63) is 45.9 Å². The molecule has 0 radical (unpaired) electrons. The molecule has 0 aliphatic rings. The Morgan fingerprint density at radius 1 is 1.24 bits per heavy atom. The van der Waals surface area contributed by atoms with Crippen molar-refractivity contribution in [1.29, 1.82) is 0 Å². The lowest BCUT2D eigenvalue weighted by molar-refractivity contribution is -0.274. The second-order valence-electron chi connectivity index (χ2n) is 6.40. The van der Waals surface area contributed by atoms with Crippen LogP contribution in [-0.4, -0.2) is 47.7 Å². The molecular weight excluding hydrogens is 403 g/mol. The highest BCUT2D eigenvalue weighted by Crippen LogP contribution is 2.26. The van der Waals surface area contributed by atoms with Gasteiger partial charge in [0, 0.05) is 23.2 Å². The number of aromatic nitrogens is 1. The summed E-state index contributed by atoms with van der Waals surface area (Å²) in [4.78, 5) is 13.3. The fourth-order valence-corrected chi connectivity index (χ4v) is 3.51. The van der Waals surface area contributed by atoms with Crippen molar-refractivity contribution in [3.8, 4) is 5.75 Å². The van der Waals surface area contributed by atoms with Gasteiger partial charge in [-0.3, -0.25) is 0 Å². The number of hydrogen-bond acceptors (Lipinski definition) is 6. The lowest BCUT2D eigenvalue weighted by Crippen LogP contribution is -2.31. The molecule has 9 heteroatoms. The van der Waals surface area contributed by atoms with Gasteiger partial charge in [-0.05, 0) is 38.6 Å². The second-order valence-corrected chi connectivity index (χ2v) is 7.52. The van der Waals surface area contributed by atoms with Crippen LogP contribution < -0.4 is 4.74 Å². The predicted octanol–water partition coefficient (Wildman–Crippen LogP) is 5.10. The number of alkyl halides is 3. The van der Waals surface area contributed by atoms with Gasteiger partial charge < -0.3 is 14.5 Å². The highest BCUT2D eigenvalue weighted by molar-refractivity contribution is 7.13. The lowest BCUT2D eigenvalue weighted by Gasteiger charge is -2.21. The Labute approximate surface area is 173 Å². The molecule has 1 aromatic carbocycles. The number of aryl methyl sites for hydroxylation is 1. The van der Waals surface area contributed by atoms with Gasteiger partial charge in [-0.2, -0.15) is 0 Å². The van der Waals surface area contributed by atoms with Crippen LogP contribution in [0.25, 0.3) is 0 Å². The second kappa shape index (κ2) is 10.6. The molecule has 0 aliphatic carbocycles. The van der Waals surface area contributed by atoms with E-state index in [4.69, 9.17) is 4.84 Å². The van der Waals surface area contributed by atoms with E-state index in [-0.39, 0.29) is 11.9 Å². The number of hydrogen-bond donors (Lipinski definition) is 0. The normalized spacial score (nSPS) is 13.6. The zero-order valence-corrected chi connectivity index (χ0v) is 17.8. The van der Waals surface area contributed by atoms with Crippen LogP contribution in [0.4, 0.5) is 13.2 Å². The number of rotatable bonds is 10. The number of oxime groups is 1. The monoisotopic (exact) mass is 429 g/mol. The minimum atomic E-state index is -4.76. The van der Waals surface area contributed by atoms with Crippen molar-refractivity contribution in [2.24, 2.45) is 5.16 Å². The molecule has 1 unspecified atom stereocenters. The van der Waals surface area contributed by atoms with Crippen LogP contribution in [0.2, 0.25) is 0 Å². The molecule has 0 bridgehead atoms. The molecule has 2 aromatic rings. The number of thiazole rings is 1. The van der Waals surface area contributed by atoms with E-state index in [1.807, 2.05) is 13.8 Å². The predicted molar refractivity (Wildman–Crippen MR) is 109 cm³/mol. The minimum absolute atomic E-state index is 0.190. The van der Waals surface area contributed by atoms with Crippen molar-refractivity contribution in [2.45, 2.75) is 46.6 Å². The van der Waals surface area contributed by atoms with E-state index in [1.54, 1.807) is 12.3 Å². The summed E-state index contributed by atoms with van der Waals surface area (Å²) < 4.78 is 41.8. The Balaban J connectivity index is 2.32. The lowest BCUT2D eigenvalue weighted by atomic mass is 10.1. The Kier molecular flexibility index (Phi) is 8.45.